The molecule has 1 N–H and O–H groups in total. The van der Waals surface area contributed by atoms with Gasteiger partial charge < -0.3 is 4.74 Å². The number of rotatable bonds is 3. The molecule has 0 saturated heterocycles. The fourth-order valence-electron chi connectivity index (χ4n) is 0.529. The van der Waals surface area contributed by atoms with Crippen molar-refractivity contribution < 1.29 is 22.7 Å². The van der Waals surface area contributed by atoms with Gasteiger partial charge in [0, 0.05) is 0 Å². The zero-order valence-electron chi connectivity index (χ0n) is 6.73. The van der Waals surface area contributed by atoms with Crippen LogP contribution < -0.4 is 5.32 Å². The number of carbonyl (C=O) groups excluding carboxylic acids is 1. The number of halogens is 3. The Morgan fingerprint density at radius 3 is 2.42 bits per heavy atom. The molecule has 0 aromatic carbocycles. The van der Waals surface area contributed by atoms with E-state index >= 15 is 0 Å². The standard InChI is InChI=1S/C6H10F3NO2/c1-4(5(11)12-2)10-3-6(7,8)9/h4,10H,3H2,1-2H3/t4-/m0/s1. The lowest BCUT2D eigenvalue weighted by molar-refractivity contribution is -0.145. The van der Waals surface area contributed by atoms with E-state index in [9.17, 15) is 18.0 Å². The second-order valence-corrected chi connectivity index (χ2v) is 2.24. The van der Waals surface area contributed by atoms with E-state index in [0.29, 0.717) is 0 Å². The van der Waals surface area contributed by atoms with Crippen LogP contribution in [0.4, 0.5) is 13.2 Å². The van der Waals surface area contributed by atoms with Crippen LogP contribution in [0.2, 0.25) is 0 Å². The van der Waals surface area contributed by atoms with Gasteiger partial charge in [0.15, 0.2) is 0 Å². The molecule has 0 aliphatic heterocycles. The van der Waals surface area contributed by atoms with Gasteiger partial charge in [-0.25, -0.2) is 0 Å². The topological polar surface area (TPSA) is 38.3 Å². The number of alkyl halides is 3. The van der Waals surface area contributed by atoms with E-state index in [-0.39, 0.29) is 0 Å². The average molecular weight is 185 g/mol. The maximum Gasteiger partial charge on any atom is 0.401 e. The first-order valence-electron chi connectivity index (χ1n) is 3.25. The number of hydrogen-bond acceptors (Lipinski definition) is 3. The molecule has 0 bridgehead atoms. The van der Waals surface area contributed by atoms with Crippen LogP contribution in [0, 0.1) is 0 Å². The highest BCUT2D eigenvalue weighted by Crippen LogP contribution is 2.12. The van der Waals surface area contributed by atoms with Gasteiger partial charge in [-0.3, -0.25) is 10.1 Å². The Morgan fingerprint density at radius 2 is 2.08 bits per heavy atom. The molecule has 0 heterocycles. The summed E-state index contributed by atoms with van der Waals surface area (Å²) in [4.78, 5) is 10.6. The summed E-state index contributed by atoms with van der Waals surface area (Å²) in [5.41, 5.74) is 0. The summed E-state index contributed by atoms with van der Waals surface area (Å²) in [5.74, 6) is -0.709. The number of esters is 1. The number of nitrogens with one attached hydrogen (secondary N) is 1. The van der Waals surface area contributed by atoms with Gasteiger partial charge in [0.2, 0.25) is 0 Å². The van der Waals surface area contributed by atoms with Crippen LogP contribution >= 0.6 is 0 Å². The molecule has 0 spiro atoms. The summed E-state index contributed by atoms with van der Waals surface area (Å²) in [6, 6.07) is -0.934. The van der Waals surface area contributed by atoms with Crippen molar-refractivity contribution in [2.45, 2.75) is 19.1 Å². The molecule has 0 unspecified atom stereocenters. The Hall–Kier alpha value is -0.780. The molecule has 3 nitrogen and oxygen atoms in total. The first-order valence-corrected chi connectivity index (χ1v) is 3.25. The van der Waals surface area contributed by atoms with Crippen molar-refractivity contribution in [1.82, 2.24) is 5.32 Å². The van der Waals surface area contributed by atoms with Gasteiger partial charge in [0.05, 0.1) is 13.7 Å². The van der Waals surface area contributed by atoms with Gasteiger partial charge in [0.25, 0.3) is 0 Å². The Kier molecular flexibility index (Phi) is 4.02. The summed E-state index contributed by atoms with van der Waals surface area (Å²) < 4.78 is 38.9. The number of carbonyl (C=O) groups is 1. The van der Waals surface area contributed by atoms with Gasteiger partial charge in [-0.2, -0.15) is 13.2 Å². The normalized spacial score (nSPS) is 14.1. The SMILES string of the molecule is COC(=O)[C@H](C)NCC(F)(F)F. The van der Waals surface area contributed by atoms with Crippen LogP contribution in [0.25, 0.3) is 0 Å². The molecule has 0 aromatic rings. The third kappa shape index (κ3) is 4.95. The Labute approximate surface area is 67.9 Å². The summed E-state index contributed by atoms with van der Waals surface area (Å²) in [6.07, 6.45) is -4.30. The Morgan fingerprint density at radius 1 is 1.58 bits per heavy atom. The first-order chi connectivity index (χ1) is 5.37. The third-order valence-electron chi connectivity index (χ3n) is 1.16. The van der Waals surface area contributed by atoms with E-state index in [1.165, 1.54) is 6.92 Å². The molecule has 1 atom stereocenters. The second-order valence-electron chi connectivity index (χ2n) is 2.24. The third-order valence-corrected chi connectivity index (χ3v) is 1.16. The van der Waals surface area contributed by atoms with Crippen molar-refractivity contribution in [2.75, 3.05) is 13.7 Å². The summed E-state index contributed by atoms with van der Waals surface area (Å²) in [7, 11) is 1.12. The Bertz CT molecular complexity index is 157. The fraction of sp³-hybridized carbons (Fsp3) is 0.833. The molecular formula is C6H10F3NO2. The van der Waals surface area contributed by atoms with Gasteiger partial charge >= 0.3 is 12.1 Å². The highest BCUT2D eigenvalue weighted by atomic mass is 19.4. The van der Waals surface area contributed by atoms with Crippen molar-refractivity contribution in [3.63, 3.8) is 0 Å². The first kappa shape index (κ1) is 11.2. The molecule has 0 saturated carbocycles. The van der Waals surface area contributed by atoms with Gasteiger partial charge in [0.1, 0.15) is 6.04 Å². The van der Waals surface area contributed by atoms with Gasteiger partial charge in [-0.15, -0.1) is 0 Å². The summed E-state index contributed by atoms with van der Waals surface area (Å²) in [5, 5.41) is 1.97. The molecular weight excluding hydrogens is 175 g/mol. The van der Waals surface area contributed by atoms with E-state index < -0.39 is 24.7 Å². The highest BCUT2D eigenvalue weighted by Gasteiger charge is 2.28. The predicted molar refractivity (Wildman–Crippen MR) is 35.5 cm³/mol. The highest BCUT2D eigenvalue weighted by molar-refractivity contribution is 5.75. The molecule has 0 aliphatic rings. The minimum atomic E-state index is -4.30. The number of hydrogen-bond donors (Lipinski definition) is 1. The molecule has 6 heteroatoms. The van der Waals surface area contributed by atoms with E-state index in [4.69, 9.17) is 0 Å². The Balaban J connectivity index is 3.72. The molecule has 0 radical (unpaired) electrons. The van der Waals surface area contributed by atoms with E-state index in [1.807, 2.05) is 5.32 Å². The zero-order valence-corrected chi connectivity index (χ0v) is 6.73. The van der Waals surface area contributed by atoms with Crippen LogP contribution in [0.5, 0.6) is 0 Å². The lowest BCUT2D eigenvalue weighted by atomic mass is 10.3. The minimum Gasteiger partial charge on any atom is -0.468 e. The average Bonchev–Trinajstić information content (AvgIpc) is 1.97. The molecule has 72 valence electrons. The largest absolute Gasteiger partial charge is 0.468 e. The van der Waals surface area contributed by atoms with Crippen LogP contribution in [-0.4, -0.2) is 31.8 Å². The fourth-order valence-corrected chi connectivity index (χ4v) is 0.529. The van der Waals surface area contributed by atoms with Crippen molar-refractivity contribution >= 4 is 5.97 Å². The van der Waals surface area contributed by atoms with Crippen LogP contribution in [0.1, 0.15) is 6.92 Å². The maximum atomic E-state index is 11.6. The van der Waals surface area contributed by atoms with E-state index in [2.05, 4.69) is 4.74 Å². The zero-order chi connectivity index (χ0) is 9.78. The number of methoxy groups -OCH3 is 1. The predicted octanol–water partition coefficient (Wildman–Crippen LogP) is 0.700. The van der Waals surface area contributed by atoms with Crippen LogP contribution in [0.15, 0.2) is 0 Å². The molecule has 12 heavy (non-hydrogen) atoms. The van der Waals surface area contributed by atoms with E-state index in [1.54, 1.807) is 0 Å². The molecule has 0 rings (SSSR count). The monoisotopic (exact) mass is 185 g/mol. The number of ether oxygens (including phenoxy) is 1. The van der Waals surface area contributed by atoms with Gasteiger partial charge in [-0.05, 0) is 6.92 Å². The smallest absolute Gasteiger partial charge is 0.401 e. The van der Waals surface area contributed by atoms with Crippen molar-refractivity contribution in [3.8, 4) is 0 Å². The minimum absolute atomic E-state index is 0.709. The van der Waals surface area contributed by atoms with Crippen molar-refractivity contribution in [1.29, 1.82) is 0 Å². The van der Waals surface area contributed by atoms with Crippen LogP contribution in [0.3, 0.4) is 0 Å². The molecule has 0 amide bonds. The summed E-state index contributed by atoms with van der Waals surface area (Å²) >= 11 is 0. The molecule has 0 fully saturated rings. The van der Waals surface area contributed by atoms with Crippen molar-refractivity contribution in [3.05, 3.63) is 0 Å². The maximum absolute atomic E-state index is 11.6. The van der Waals surface area contributed by atoms with E-state index in [0.717, 1.165) is 7.11 Å². The van der Waals surface area contributed by atoms with Crippen LogP contribution in [-0.2, 0) is 9.53 Å². The molecule has 0 aliphatic carbocycles. The lowest BCUT2D eigenvalue weighted by Crippen LogP contribution is -2.40. The quantitative estimate of drug-likeness (QED) is 0.658. The molecule has 0 aromatic heterocycles. The second kappa shape index (κ2) is 4.30. The summed E-state index contributed by atoms with van der Waals surface area (Å²) in [6.45, 7) is 0.112. The lowest BCUT2D eigenvalue weighted by Gasteiger charge is -2.12. The van der Waals surface area contributed by atoms with Crippen molar-refractivity contribution in [2.24, 2.45) is 0 Å². The van der Waals surface area contributed by atoms with Gasteiger partial charge in [-0.1, -0.05) is 0 Å².